The number of aromatic nitrogens is 7. The van der Waals surface area contributed by atoms with Crippen molar-refractivity contribution in [3.8, 4) is 0 Å². The second-order valence-electron chi connectivity index (χ2n) is 8.13. The van der Waals surface area contributed by atoms with E-state index in [0.29, 0.717) is 25.3 Å². The van der Waals surface area contributed by atoms with Crippen molar-refractivity contribution in [2.75, 3.05) is 13.1 Å². The maximum atomic E-state index is 13.8. The van der Waals surface area contributed by atoms with Gasteiger partial charge in [-0.05, 0) is 60.0 Å². The van der Waals surface area contributed by atoms with Gasteiger partial charge in [0, 0.05) is 31.6 Å². The molecule has 2 atom stereocenters. The van der Waals surface area contributed by atoms with Crippen molar-refractivity contribution >= 4 is 11.6 Å². The Hall–Kier alpha value is -3.69. The number of benzene rings is 1. The maximum absolute atomic E-state index is 13.8. The molecule has 1 amide bonds. The number of rotatable bonds is 5. The van der Waals surface area contributed by atoms with Crippen LogP contribution in [0, 0.1) is 12.7 Å². The van der Waals surface area contributed by atoms with Gasteiger partial charge in [-0.25, -0.2) is 9.07 Å². The van der Waals surface area contributed by atoms with Gasteiger partial charge >= 0.3 is 0 Å². The van der Waals surface area contributed by atoms with E-state index in [1.54, 1.807) is 13.0 Å². The standard InChI is InChI=1S/C22H23FN8O/c1-15-24-27-28-31(15)19(13-16-6-4-8-18(23)12-16)22(32)29-10-5-7-17(14-29)21-26-25-20-9-2-3-11-30(20)21/h2-4,6,8-9,11-12,17,19H,5,7,10,13-14H2,1H3/t17-,19-/m1/s1. The lowest BCUT2D eigenvalue weighted by Gasteiger charge is -2.34. The van der Waals surface area contributed by atoms with Crippen molar-refractivity contribution in [3.05, 3.63) is 71.7 Å². The van der Waals surface area contributed by atoms with Gasteiger partial charge in [-0.2, -0.15) is 0 Å². The Labute approximate surface area is 183 Å². The van der Waals surface area contributed by atoms with Crippen LogP contribution in [-0.2, 0) is 11.2 Å². The molecule has 164 valence electrons. The number of carbonyl (C=O) groups excluding carboxylic acids is 1. The minimum atomic E-state index is -0.652. The van der Waals surface area contributed by atoms with Gasteiger partial charge in [0.2, 0.25) is 5.91 Å². The Morgan fingerprint density at radius 1 is 1.19 bits per heavy atom. The minimum Gasteiger partial charge on any atom is -0.340 e. The van der Waals surface area contributed by atoms with Crippen molar-refractivity contribution < 1.29 is 9.18 Å². The third-order valence-corrected chi connectivity index (χ3v) is 5.99. The van der Waals surface area contributed by atoms with Crippen LogP contribution in [0.3, 0.4) is 0 Å². The van der Waals surface area contributed by atoms with E-state index in [9.17, 15) is 9.18 Å². The van der Waals surface area contributed by atoms with Gasteiger partial charge in [0.1, 0.15) is 23.5 Å². The van der Waals surface area contributed by atoms with Crippen molar-refractivity contribution in [2.24, 2.45) is 0 Å². The molecule has 4 aromatic rings. The third kappa shape index (κ3) is 3.83. The van der Waals surface area contributed by atoms with Crippen LogP contribution in [0.25, 0.3) is 5.65 Å². The zero-order chi connectivity index (χ0) is 22.1. The first-order chi connectivity index (χ1) is 15.6. The SMILES string of the molecule is Cc1nnnn1[C@H](Cc1cccc(F)c1)C(=O)N1CCC[C@@H](c2nnc3ccccn23)C1. The Morgan fingerprint density at radius 2 is 2.09 bits per heavy atom. The molecule has 0 radical (unpaired) electrons. The Bertz CT molecular complexity index is 1250. The highest BCUT2D eigenvalue weighted by atomic mass is 19.1. The summed E-state index contributed by atoms with van der Waals surface area (Å²) < 4.78 is 17.3. The van der Waals surface area contributed by atoms with Gasteiger partial charge in [0.05, 0.1) is 0 Å². The lowest BCUT2D eigenvalue weighted by Crippen LogP contribution is -2.44. The van der Waals surface area contributed by atoms with E-state index in [0.717, 1.165) is 29.9 Å². The van der Waals surface area contributed by atoms with Gasteiger partial charge in [-0.3, -0.25) is 9.20 Å². The van der Waals surface area contributed by atoms with Crippen LogP contribution in [-0.4, -0.2) is 58.7 Å². The zero-order valence-electron chi connectivity index (χ0n) is 17.7. The first-order valence-corrected chi connectivity index (χ1v) is 10.7. The zero-order valence-corrected chi connectivity index (χ0v) is 17.7. The fourth-order valence-electron chi connectivity index (χ4n) is 4.43. The lowest BCUT2D eigenvalue weighted by atomic mass is 9.95. The number of piperidine rings is 1. The van der Waals surface area contributed by atoms with Crippen molar-refractivity contribution in [1.82, 2.24) is 39.7 Å². The first-order valence-electron chi connectivity index (χ1n) is 10.7. The first kappa shape index (κ1) is 20.2. The van der Waals surface area contributed by atoms with E-state index < -0.39 is 6.04 Å². The largest absolute Gasteiger partial charge is 0.340 e. The molecule has 0 N–H and O–H groups in total. The molecule has 1 fully saturated rings. The molecular weight excluding hydrogens is 411 g/mol. The van der Waals surface area contributed by atoms with Crippen molar-refractivity contribution in [2.45, 2.75) is 38.1 Å². The van der Waals surface area contributed by atoms with Crippen molar-refractivity contribution in [1.29, 1.82) is 0 Å². The molecule has 32 heavy (non-hydrogen) atoms. The molecule has 1 aliphatic rings. The Balaban J connectivity index is 1.42. The third-order valence-electron chi connectivity index (χ3n) is 5.99. The number of nitrogens with zero attached hydrogens (tertiary/aromatic N) is 8. The second-order valence-corrected chi connectivity index (χ2v) is 8.13. The van der Waals surface area contributed by atoms with Crippen molar-refractivity contribution in [3.63, 3.8) is 0 Å². The van der Waals surface area contributed by atoms with Crippen LogP contribution in [0.1, 0.15) is 42.0 Å². The summed E-state index contributed by atoms with van der Waals surface area (Å²) in [6, 6.07) is 11.4. The average molecular weight is 434 g/mol. The fourth-order valence-corrected chi connectivity index (χ4v) is 4.43. The van der Waals surface area contributed by atoms with E-state index in [4.69, 9.17) is 0 Å². The number of carbonyl (C=O) groups is 1. The van der Waals surface area contributed by atoms with E-state index in [-0.39, 0.29) is 17.6 Å². The fraction of sp³-hybridized carbons (Fsp3) is 0.364. The number of halogens is 1. The molecule has 3 aromatic heterocycles. The summed E-state index contributed by atoms with van der Waals surface area (Å²) in [5.41, 5.74) is 1.51. The summed E-state index contributed by atoms with van der Waals surface area (Å²) in [6.45, 7) is 2.94. The topological polar surface area (TPSA) is 94.1 Å². The quantitative estimate of drug-likeness (QED) is 0.479. The number of aryl methyl sites for hydroxylation is 1. The molecule has 10 heteroatoms. The minimum absolute atomic E-state index is 0.0786. The summed E-state index contributed by atoms with van der Waals surface area (Å²) in [7, 11) is 0. The number of pyridine rings is 1. The predicted molar refractivity (Wildman–Crippen MR) is 113 cm³/mol. The number of hydrogen-bond donors (Lipinski definition) is 0. The molecule has 0 spiro atoms. The number of fused-ring (bicyclic) bond motifs is 1. The van der Waals surface area contributed by atoms with E-state index in [2.05, 4.69) is 25.7 Å². The van der Waals surface area contributed by atoms with Gasteiger partial charge in [-0.15, -0.1) is 15.3 Å². The van der Waals surface area contributed by atoms with E-state index in [1.807, 2.05) is 39.8 Å². The van der Waals surface area contributed by atoms with Crippen LogP contribution >= 0.6 is 0 Å². The molecule has 1 aliphatic heterocycles. The Morgan fingerprint density at radius 3 is 2.91 bits per heavy atom. The molecule has 0 saturated carbocycles. The van der Waals surface area contributed by atoms with Crippen LogP contribution in [0.2, 0.25) is 0 Å². The number of likely N-dealkylation sites (tertiary alicyclic amines) is 1. The monoisotopic (exact) mass is 434 g/mol. The molecule has 0 unspecified atom stereocenters. The predicted octanol–water partition coefficient (Wildman–Crippen LogP) is 2.35. The summed E-state index contributed by atoms with van der Waals surface area (Å²) in [5, 5.41) is 20.4. The normalized spacial score (nSPS) is 17.6. The van der Waals surface area contributed by atoms with Gasteiger partial charge in [0.25, 0.3) is 0 Å². The molecule has 4 heterocycles. The smallest absolute Gasteiger partial charge is 0.247 e. The average Bonchev–Trinajstić information content (AvgIpc) is 3.43. The maximum Gasteiger partial charge on any atom is 0.247 e. The molecule has 1 aromatic carbocycles. The number of hydrogen-bond acceptors (Lipinski definition) is 6. The number of amides is 1. The van der Waals surface area contributed by atoms with Gasteiger partial charge in [-0.1, -0.05) is 18.2 Å². The van der Waals surface area contributed by atoms with Crippen LogP contribution < -0.4 is 0 Å². The molecule has 9 nitrogen and oxygen atoms in total. The summed E-state index contributed by atoms with van der Waals surface area (Å²) >= 11 is 0. The molecule has 0 bridgehead atoms. The second kappa shape index (κ2) is 8.45. The molecule has 1 saturated heterocycles. The lowest BCUT2D eigenvalue weighted by molar-refractivity contribution is -0.136. The van der Waals surface area contributed by atoms with Gasteiger partial charge < -0.3 is 4.90 Å². The molecular formula is C22H23FN8O. The van der Waals surface area contributed by atoms with Gasteiger partial charge in [0.15, 0.2) is 5.65 Å². The highest BCUT2D eigenvalue weighted by Gasteiger charge is 2.33. The molecule has 5 rings (SSSR count). The Kier molecular flexibility index (Phi) is 5.34. The summed E-state index contributed by atoms with van der Waals surface area (Å²) in [4.78, 5) is 15.5. The summed E-state index contributed by atoms with van der Waals surface area (Å²) in [5.74, 6) is 1.06. The summed E-state index contributed by atoms with van der Waals surface area (Å²) in [6.07, 6.45) is 4.04. The van der Waals surface area contributed by atoms with Crippen LogP contribution in [0.5, 0.6) is 0 Å². The highest BCUT2D eigenvalue weighted by Crippen LogP contribution is 2.28. The van der Waals surface area contributed by atoms with Crippen LogP contribution in [0.15, 0.2) is 48.7 Å². The van der Waals surface area contributed by atoms with E-state index >= 15 is 0 Å². The van der Waals surface area contributed by atoms with E-state index in [1.165, 1.54) is 16.8 Å². The number of tetrazole rings is 1. The highest BCUT2D eigenvalue weighted by molar-refractivity contribution is 5.81. The molecule has 0 aliphatic carbocycles. The van der Waals surface area contributed by atoms with Crippen LogP contribution in [0.4, 0.5) is 4.39 Å².